The van der Waals surface area contributed by atoms with E-state index in [0.29, 0.717) is 17.2 Å². The van der Waals surface area contributed by atoms with Crippen molar-refractivity contribution < 1.29 is 13.6 Å². The maximum atomic E-state index is 13.0. The summed E-state index contributed by atoms with van der Waals surface area (Å²) in [4.78, 5) is 30.0. The summed E-state index contributed by atoms with van der Waals surface area (Å²) in [6.07, 6.45) is 5.01. The van der Waals surface area contributed by atoms with Crippen LogP contribution in [0.25, 0.3) is 11.5 Å². The molecule has 1 fully saturated rings. The summed E-state index contributed by atoms with van der Waals surface area (Å²) in [6.45, 7) is 1.92. The van der Waals surface area contributed by atoms with E-state index in [1.54, 1.807) is 41.5 Å². The van der Waals surface area contributed by atoms with Crippen LogP contribution in [0.3, 0.4) is 0 Å². The van der Waals surface area contributed by atoms with E-state index in [4.69, 9.17) is 8.83 Å². The highest BCUT2D eigenvalue weighted by molar-refractivity contribution is 5.94. The first-order chi connectivity index (χ1) is 12.1. The molecule has 3 heterocycles. The molecule has 6 nitrogen and oxygen atoms in total. The van der Waals surface area contributed by atoms with Gasteiger partial charge in [-0.3, -0.25) is 9.59 Å². The molecule has 0 spiro atoms. The van der Waals surface area contributed by atoms with E-state index in [1.165, 1.54) is 6.26 Å². The lowest BCUT2D eigenvalue weighted by atomic mass is 10.1. The van der Waals surface area contributed by atoms with Crippen molar-refractivity contribution in [3.05, 3.63) is 70.6 Å². The lowest BCUT2D eigenvalue weighted by Crippen LogP contribution is -2.38. The van der Waals surface area contributed by atoms with Crippen molar-refractivity contribution in [3.8, 4) is 11.5 Å². The molecule has 1 N–H and O–H groups in total. The second-order valence-electron chi connectivity index (χ2n) is 6.23. The molecule has 128 valence electrons. The van der Waals surface area contributed by atoms with Gasteiger partial charge in [0, 0.05) is 6.04 Å². The van der Waals surface area contributed by atoms with Gasteiger partial charge in [-0.15, -0.1) is 0 Å². The molecule has 0 saturated heterocycles. The molecule has 0 aliphatic heterocycles. The molecule has 6 heteroatoms. The standard InChI is InChI=1S/C19H18N2O4/c1-12(16-4-2-10-24-16)21(13-6-7-13)19(23)14-8-9-15(20-18(14)22)17-5-3-11-25-17/h2-5,8-13H,6-7H2,1H3,(H,20,22)/t12-/m1/s1. The van der Waals surface area contributed by atoms with Gasteiger partial charge >= 0.3 is 0 Å². The Morgan fingerprint density at radius 3 is 2.52 bits per heavy atom. The van der Waals surface area contributed by atoms with Gasteiger partial charge in [0.2, 0.25) is 0 Å². The van der Waals surface area contributed by atoms with E-state index in [9.17, 15) is 9.59 Å². The number of furan rings is 2. The van der Waals surface area contributed by atoms with Crippen molar-refractivity contribution in [2.75, 3.05) is 0 Å². The van der Waals surface area contributed by atoms with Crippen molar-refractivity contribution in [1.29, 1.82) is 0 Å². The number of rotatable bonds is 5. The first-order valence-corrected chi connectivity index (χ1v) is 8.28. The number of amides is 1. The molecular weight excluding hydrogens is 320 g/mol. The fourth-order valence-corrected chi connectivity index (χ4v) is 3.03. The Morgan fingerprint density at radius 1 is 1.16 bits per heavy atom. The first kappa shape index (κ1) is 15.5. The maximum absolute atomic E-state index is 13.0. The predicted molar refractivity (Wildman–Crippen MR) is 91.1 cm³/mol. The monoisotopic (exact) mass is 338 g/mol. The molecule has 4 rings (SSSR count). The van der Waals surface area contributed by atoms with E-state index in [0.717, 1.165) is 12.8 Å². The Bertz CT molecular complexity index is 921. The number of H-pyrrole nitrogens is 1. The molecule has 3 aromatic heterocycles. The van der Waals surface area contributed by atoms with Crippen molar-refractivity contribution in [1.82, 2.24) is 9.88 Å². The number of carbonyl (C=O) groups is 1. The Kier molecular flexibility index (Phi) is 3.80. The second kappa shape index (κ2) is 6.12. The van der Waals surface area contributed by atoms with Gasteiger partial charge < -0.3 is 18.7 Å². The van der Waals surface area contributed by atoms with Crippen LogP contribution in [0.2, 0.25) is 0 Å². The van der Waals surface area contributed by atoms with Gasteiger partial charge in [0.25, 0.3) is 11.5 Å². The Hall–Kier alpha value is -3.02. The van der Waals surface area contributed by atoms with Crippen molar-refractivity contribution in [2.45, 2.75) is 31.8 Å². The third kappa shape index (κ3) is 2.91. The van der Waals surface area contributed by atoms with Gasteiger partial charge in [-0.05, 0) is 56.2 Å². The minimum Gasteiger partial charge on any atom is -0.467 e. The molecule has 25 heavy (non-hydrogen) atoms. The molecule has 1 saturated carbocycles. The van der Waals surface area contributed by atoms with Gasteiger partial charge in [-0.2, -0.15) is 0 Å². The zero-order valence-electron chi connectivity index (χ0n) is 13.8. The third-order valence-electron chi connectivity index (χ3n) is 4.47. The lowest BCUT2D eigenvalue weighted by molar-refractivity contribution is 0.0651. The van der Waals surface area contributed by atoms with E-state index in [1.807, 2.05) is 13.0 Å². The minimum atomic E-state index is -0.420. The molecule has 3 aromatic rings. The maximum Gasteiger partial charge on any atom is 0.261 e. The average Bonchev–Trinajstić information content (AvgIpc) is 3.08. The molecule has 0 unspecified atom stereocenters. The van der Waals surface area contributed by atoms with Crippen LogP contribution >= 0.6 is 0 Å². The van der Waals surface area contributed by atoms with Gasteiger partial charge in [0.15, 0.2) is 0 Å². The van der Waals surface area contributed by atoms with Crippen LogP contribution in [0.5, 0.6) is 0 Å². The van der Waals surface area contributed by atoms with E-state index in [2.05, 4.69) is 4.98 Å². The van der Waals surface area contributed by atoms with E-state index in [-0.39, 0.29) is 23.6 Å². The minimum absolute atomic E-state index is 0.126. The SMILES string of the molecule is C[C@H](c1ccco1)N(C(=O)c1ccc(-c2ccco2)[nH]c1=O)C1CC1. The Labute approximate surface area is 144 Å². The van der Waals surface area contributed by atoms with Gasteiger partial charge in [-0.25, -0.2) is 0 Å². The number of nitrogens with one attached hydrogen (secondary N) is 1. The summed E-state index contributed by atoms with van der Waals surface area (Å²) in [5, 5.41) is 0. The molecule has 0 radical (unpaired) electrons. The average molecular weight is 338 g/mol. The highest BCUT2D eigenvalue weighted by Gasteiger charge is 2.38. The smallest absolute Gasteiger partial charge is 0.261 e. The molecule has 1 amide bonds. The fourth-order valence-electron chi connectivity index (χ4n) is 3.03. The molecule has 1 atom stereocenters. The summed E-state index contributed by atoms with van der Waals surface area (Å²) in [6, 6.07) is 10.3. The van der Waals surface area contributed by atoms with Crippen LogP contribution in [0, 0.1) is 0 Å². The van der Waals surface area contributed by atoms with Crippen molar-refractivity contribution >= 4 is 5.91 Å². The van der Waals surface area contributed by atoms with Crippen LogP contribution in [0.1, 0.15) is 41.9 Å². The zero-order chi connectivity index (χ0) is 17.4. The Morgan fingerprint density at radius 2 is 1.92 bits per heavy atom. The van der Waals surface area contributed by atoms with E-state index < -0.39 is 5.56 Å². The first-order valence-electron chi connectivity index (χ1n) is 8.28. The van der Waals surface area contributed by atoms with Crippen LogP contribution < -0.4 is 5.56 Å². The molecular formula is C19H18N2O4. The number of aromatic nitrogens is 1. The molecule has 1 aliphatic carbocycles. The number of aromatic amines is 1. The topological polar surface area (TPSA) is 79.5 Å². The predicted octanol–water partition coefficient (Wildman–Crippen LogP) is 3.59. The normalized spacial score (nSPS) is 15.1. The van der Waals surface area contributed by atoms with E-state index >= 15 is 0 Å². The highest BCUT2D eigenvalue weighted by Crippen LogP contribution is 2.35. The molecule has 1 aliphatic rings. The number of hydrogen-bond donors (Lipinski definition) is 1. The number of nitrogens with zero attached hydrogens (tertiary/aromatic N) is 1. The highest BCUT2D eigenvalue weighted by atomic mass is 16.3. The van der Waals surface area contributed by atoms with Gasteiger partial charge in [0.1, 0.15) is 17.1 Å². The quantitative estimate of drug-likeness (QED) is 0.771. The third-order valence-corrected chi connectivity index (χ3v) is 4.47. The summed E-state index contributed by atoms with van der Waals surface area (Å²) < 4.78 is 10.7. The van der Waals surface area contributed by atoms with Crippen molar-refractivity contribution in [3.63, 3.8) is 0 Å². The summed E-state index contributed by atoms with van der Waals surface area (Å²) in [5.41, 5.74) is 0.250. The summed E-state index contributed by atoms with van der Waals surface area (Å²) >= 11 is 0. The largest absolute Gasteiger partial charge is 0.467 e. The molecule has 0 aromatic carbocycles. The zero-order valence-corrected chi connectivity index (χ0v) is 13.8. The number of carbonyl (C=O) groups excluding carboxylic acids is 1. The lowest BCUT2D eigenvalue weighted by Gasteiger charge is -2.27. The van der Waals surface area contributed by atoms with Crippen molar-refractivity contribution in [2.24, 2.45) is 0 Å². The fraction of sp³-hybridized carbons (Fsp3) is 0.263. The summed E-state index contributed by atoms with van der Waals surface area (Å²) in [5.74, 6) is 0.988. The van der Waals surface area contributed by atoms with Crippen LogP contribution in [0.4, 0.5) is 0 Å². The van der Waals surface area contributed by atoms with Gasteiger partial charge in [-0.1, -0.05) is 0 Å². The molecule has 0 bridgehead atoms. The number of hydrogen-bond acceptors (Lipinski definition) is 4. The summed E-state index contributed by atoms with van der Waals surface area (Å²) in [7, 11) is 0. The van der Waals surface area contributed by atoms with Crippen LogP contribution in [-0.2, 0) is 0 Å². The van der Waals surface area contributed by atoms with Crippen LogP contribution in [0.15, 0.2) is 62.6 Å². The van der Waals surface area contributed by atoms with Gasteiger partial charge in [0.05, 0.1) is 24.3 Å². The van der Waals surface area contributed by atoms with Crippen LogP contribution in [-0.4, -0.2) is 21.8 Å². The number of pyridine rings is 1. The Balaban J connectivity index is 1.66. The second-order valence-corrected chi connectivity index (χ2v) is 6.23.